The smallest absolute Gasteiger partial charge is 0.445 e. The lowest BCUT2D eigenvalue weighted by Crippen LogP contribution is -2.25. The van der Waals surface area contributed by atoms with E-state index in [1.165, 1.54) is 12.1 Å². The minimum absolute atomic E-state index is 0.0990. The maximum Gasteiger partial charge on any atom is 0.755 e. The van der Waals surface area contributed by atoms with Crippen LogP contribution < -0.4 is 5.32 Å². The van der Waals surface area contributed by atoms with Gasteiger partial charge in [0.2, 0.25) is 0 Å². The Kier molecular flexibility index (Phi) is 6.89. The van der Waals surface area contributed by atoms with Crippen molar-refractivity contribution in [2.75, 3.05) is 6.73 Å². The van der Waals surface area contributed by atoms with E-state index in [1.807, 2.05) is 30.3 Å². The molecule has 1 N–H and O–H groups in total. The number of amides is 1. The molecule has 0 aliphatic heterocycles. The fourth-order valence-electron chi connectivity index (χ4n) is 1.64. The molecule has 0 saturated heterocycles. The van der Waals surface area contributed by atoms with Crippen molar-refractivity contribution in [2.24, 2.45) is 0 Å². The quantitative estimate of drug-likeness (QED) is 0.609. The third-order valence-corrected chi connectivity index (χ3v) is 3.42. The Balaban J connectivity index is 1.63. The molecule has 24 heavy (non-hydrogen) atoms. The summed E-state index contributed by atoms with van der Waals surface area (Å²) in [6, 6.07) is 17.2. The van der Waals surface area contributed by atoms with Crippen LogP contribution >= 0.6 is 8.25 Å². The van der Waals surface area contributed by atoms with Crippen LogP contribution in [0.2, 0.25) is 0 Å². The highest BCUT2D eigenvalue weighted by Gasteiger charge is 2.27. The minimum Gasteiger partial charge on any atom is -0.445 e. The second kappa shape index (κ2) is 9.39. The Hall–Kier alpha value is -2.76. The molecule has 0 saturated carbocycles. The lowest BCUT2D eigenvalue weighted by atomic mass is 10.2. The molecule has 0 fully saturated rings. The molecule has 0 heterocycles. The molecule has 1 unspecified atom stereocenters. The van der Waals surface area contributed by atoms with E-state index in [1.54, 1.807) is 18.2 Å². The predicted octanol–water partition coefficient (Wildman–Crippen LogP) is 3.40. The van der Waals surface area contributed by atoms with Crippen LogP contribution in [-0.4, -0.2) is 18.8 Å². The topological polar surface area (TPSA) is 90.9 Å². The summed E-state index contributed by atoms with van der Waals surface area (Å²) in [6.07, 6.45) is -0.739. The highest BCUT2D eigenvalue weighted by atomic mass is 31.1. The maximum atomic E-state index is 11.6. The first kappa shape index (κ1) is 17.6. The molecule has 8 heteroatoms. The van der Waals surface area contributed by atoms with Crippen LogP contribution in [0.5, 0.6) is 0 Å². The second-order valence-electron chi connectivity index (χ2n) is 4.48. The molecule has 0 radical (unpaired) electrons. The van der Waals surface area contributed by atoms with Gasteiger partial charge in [0.25, 0.3) is 0 Å². The van der Waals surface area contributed by atoms with Crippen molar-refractivity contribution in [2.45, 2.75) is 6.61 Å². The molecule has 0 bridgehead atoms. The Morgan fingerprint density at radius 2 is 1.58 bits per heavy atom. The summed E-state index contributed by atoms with van der Waals surface area (Å²) < 4.78 is 25.7. The van der Waals surface area contributed by atoms with Gasteiger partial charge in [0, 0.05) is 4.57 Å². The summed E-state index contributed by atoms with van der Waals surface area (Å²) in [5.74, 6) is -0.775. The number of carbonyl (C=O) groups excluding carboxylic acids is 2. The standard InChI is InChI=1S/C16H14NO6P/c18-15(14-9-5-2-6-10-14)23-24(20)22-12-17-16(19)21-11-13-7-3-1-4-8-13/h1-10H,11-12H2/p+1. The summed E-state index contributed by atoms with van der Waals surface area (Å²) in [5.41, 5.74) is 1.08. The van der Waals surface area contributed by atoms with E-state index in [0.29, 0.717) is 0 Å². The monoisotopic (exact) mass is 348 g/mol. The van der Waals surface area contributed by atoms with Gasteiger partial charge in [-0.05, 0) is 17.7 Å². The van der Waals surface area contributed by atoms with Gasteiger partial charge in [0.15, 0.2) is 6.73 Å². The van der Waals surface area contributed by atoms with Gasteiger partial charge in [-0.1, -0.05) is 53.1 Å². The van der Waals surface area contributed by atoms with Crippen molar-refractivity contribution in [3.8, 4) is 0 Å². The molecule has 2 aromatic rings. The zero-order chi connectivity index (χ0) is 17.2. The number of alkyl carbamates (subject to hydrolysis) is 1. The van der Waals surface area contributed by atoms with Crippen molar-refractivity contribution in [3.05, 3.63) is 71.8 Å². The Morgan fingerprint density at radius 1 is 0.958 bits per heavy atom. The van der Waals surface area contributed by atoms with Crippen LogP contribution in [-0.2, 0) is 25.0 Å². The fraction of sp³-hybridized carbons (Fsp3) is 0.125. The first-order chi connectivity index (χ1) is 11.6. The number of ether oxygens (including phenoxy) is 1. The van der Waals surface area contributed by atoms with Crippen LogP contribution in [0.3, 0.4) is 0 Å². The highest BCUT2D eigenvalue weighted by Crippen LogP contribution is 2.24. The highest BCUT2D eigenvalue weighted by molar-refractivity contribution is 7.34. The van der Waals surface area contributed by atoms with Crippen LogP contribution in [0.15, 0.2) is 60.7 Å². The van der Waals surface area contributed by atoms with E-state index < -0.39 is 27.0 Å². The zero-order valence-electron chi connectivity index (χ0n) is 12.6. The third-order valence-electron chi connectivity index (χ3n) is 2.77. The van der Waals surface area contributed by atoms with Crippen molar-refractivity contribution in [1.29, 1.82) is 0 Å². The van der Waals surface area contributed by atoms with Crippen LogP contribution in [0.1, 0.15) is 15.9 Å². The Morgan fingerprint density at radius 3 is 2.25 bits per heavy atom. The summed E-state index contributed by atoms with van der Waals surface area (Å²) >= 11 is 0. The van der Waals surface area contributed by atoms with E-state index in [-0.39, 0.29) is 12.2 Å². The number of rotatable bonds is 7. The van der Waals surface area contributed by atoms with Gasteiger partial charge >= 0.3 is 20.3 Å². The molecule has 0 aliphatic rings. The van der Waals surface area contributed by atoms with Crippen LogP contribution in [0.25, 0.3) is 0 Å². The van der Waals surface area contributed by atoms with Gasteiger partial charge in [-0.2, -0.15) is 4.52 Å². The van der Waals surface area contributed by atoms with Crippen molar-refractivity contribution >= 4 is 20.3 Å². The van der Waals surface area contributed by atoms with Crippen LogP contribution in [0.4, 0.5) is 4.79 Å². The van der Waals surface area contributed by atoms with E-state index >= 15 is 0 Å². The largest absolute Gasteiger partial charge is 0.755 e. The van der Waals surface area contributed by atoms with Gasteiger partial charge in [-0.25, -0.2) is 9.59 Å². The molecule has 1 amide bonds. The number of hydrogen-bond donors (Lipinski definition) is 1. The molecular weight excluding hydrogens is 333 g/mol. The van der Waals surface area contributed by atoms with E-state index in [4.69, 9.17) is 9.26 Å². The Labute approximate surface area is 139 Å². The molecule has 0 spiro atoms. The number of carbonyl (C=O) groups is 2. The lowest BCUT2D eigenvalue weighted by Gasteiger charge is -2.04. The molecule has 2 aromatic carbocycles. The second-order valence-corrected chi connectivity index (χ2v) is 5.37. The first-order valence-electron chi connectivity index (χ1n) is 6.97. The number of hydrogen-bond acceptors (Lipinski definition) is 6. The SMILES string of the molecule is O=C(NCO[P+](=O)OC(=O)c1ccccc1)OCc1ccccc1. The van der Waals surface area contributed by atoms with E-state index in [0.717, 1.165) is 5.56 Å². The van der Waals surface area contributed by atoms with E-state index in [2.05, 4.69) is 9.84 Å². The molecule has 0 aromatic heterocycles. The summed E-state index contributed by atoms with van der Waals surface area (Å²) in [7, 11) is -2.70. The summed E-state index contributed by atoms with van der Waals surface area (Å²) in [5, 5.41) is 2.24. The normalized spacial score (nSPS) is 10.6. The maximum absolute atomic E-state index is 11.6. The van der Waals surface area contributed by atoms with Gasteiger partial charge in [-0.15, -0.1) is 0 Å². The summed E-state index contributed by atoms with van der Waals surface area (Å²) in [4.78, 5) is 23.0. The van der Waals surface area contributed by atoms with Gasteiger partial charge in [-0.3, -0.25) is 5.32 Å². The predicted molar refractivity (Wildman–Crippen MR) is 85.2 cm³/mol. The zero-order valence-corrected chi connectivity index (χ0v) is 13.5. The molecule has 2 rings (SSSR count). The molecule has 0 aliphatic carbocycles. The number of benzene rings is 2. The van der Waals surface area contributed by atoms with Gasteiger partial charge in [0.05, 0.1) is 5.56 Å². The number of nitrogens with one attached hydrogen (secondary N) is 1. The van der Waals surface area contributed by atoms with Crippen molar-refractivity contribution in [3.63, 3.8) is 0 Å². The molecule has 7 nitrogen and oxygen atoms in total. The van der Waals surface area contributed by atoms with Crippen LogP contribution in [0, 0.1) is 0 Å². The first-order valence-corrected chi connectivity index (χ1v) is 8.07. The van der Waals surface area contributed by atoms with Crippen molar-refractivity contribution < 1.29 is 27.9 Å². The van der Waals surface area contributed by atoms with E-state index in [9.17, 15) is 14.2 Å². The molecule has 1 atom stereocenters. The van der Waals surface area contributed by atoms with Crippen molar-refractivity contribution in [1.82, 2.24) is 5.32 Å². The van der Waals surface area contributed by atoms with Gasteiger partial charge < -0.3 is 4.74 Å². The van der Waals surface area contributed by atoms with Gasteiger partial charge in [0.1, 0.15) is 6.61 Å². The lowest BCUT2D eigenvalue weighted by molar-refractivity contribution is 0.0712. The minimum atomic E-state index is -2.70. The fourth-order valence-corrected chi connectivity index (χ4v) is 2.10. The molecular formula is C16H15NO6P+. The average Bonchev–Trinajstić information content (AvgIpc) is 2.61. The summed E-state index contributed by atoms with van der Waals surface area (Å²) in [6.45, 7) is -0.313. The molecule has 124 valence electrons. The third kappa shape index (κ3) is 6.16. The average molecular weight is 348 g/mol. The Bertz CT molecular complexity index is 692.